The van der Waals surface area contributed by atoms with Gasteiger partial charge in [-0.05, 0) is 45.9 Å². The number of fused-ring (bicyclic) bond motifs is 1. The number of nitrogens with one attached hydrogen (secondary N) is 1. The van der Waals surface area contributed by atoms with Gasteiger partial charge < -0.3 is 29.8 Å². The molecule has 8 nitrogen and oxygen atoms in total. The Morgan fingerprint density at radius 1 is 1.27 bits per heavy atom. The van der Waals surface area contributed by atoms with Crippen molar-refractivity contribution in [2.45, 2.75) is 45.8 Å². The van der Waals surface area contributed by atoms with Gasteiger partial charge in [0.2, 0.25) is 6.41 Å². The minimum absolute atomic E-state index is 0.0122. The first-order chi connectivity index (χ1) is 12.1. The Balaban J connectivity index is 2.31. The highest BCUT2D eigenvalue weighted by Crippen LogP contribution is 2.23. The average molecular weight is 366 g/mol. The molecule has 2 atom stereocenters. The molecule has 26 heavy (non-hydrogen) atoms. The molecule has 8 heteroatoms. The van der Waals surface area contributed by atoms with E-state index in [9.17, 15) is 15.1 Å². The van der Waals surface area contributed by atoms with Gasteiger partial charge in [0.1, 0.15) is 17.5 Å². The maximum atomic E-state index is 12.3. The number of benzene rings is 1. The standard InChI is InChI=1S/C18H26N2O6/c1-11(10-24-5)25-13-7-6-12-8-14(16(21)20(23)15(12)9-13)19-17(22)26-18(2,3)4/h6-9,11,17,19,22-23H,10H2,1-5H3/t11-,17?/m0/s1. The van der Waals surface area contributed by atoms with E-state index in [1.165, 1.54) is 6.07 Å². The highest BCUT2D eigenvalue weighted by atomic mass is 16.6. The van der Waals surface area contributed by atoms with Crippen molar-refractivity contribution in [1.82, 2.24) is 4.73 Å². The maximum Gasteiger partial charge on any atom is 0.306 e. The third kappa shape index (κ3) is 5.10. The van der Waals surface area contributed by atoms with Gasteiger partial charge in [-0.25, -0.2) is 0 Å². The van der Waals surface area contributed by atoms with Crippen molar-refractivity contribution in [2.24, 2.45) is 0 Å². The van der Waals surface area contributed by atoms with Crippen LogP contribution in [0.15, 0.2) is 29.1 Å². The van der Waals surface area contributed by atoms with Crippen LogP contribution in [0.5, 0.6) is 5.75 Å². The Bertz CT molecular complexity index is 812. The molecule has 0 bridgehead atoms. The fourth-order valence-corrected chi connectivity index (χ4v) is 2.44. The lowest BCUT2D eigenvalue weighted by Crippen LogP contribution is -2.35. The summed E-state index contributed by atoms with van der Waals surface area (Å²) in [4.78, 5) is 12.3. The second-order valence-electron chi connectivity index (χ2n) is 7.01. The van der Waals surface area contributed by atoms with Crippen molar-refractivity contribution in [2.75, 3.05) is 19.0 Å². The zero-order valence-electron chi connectivity index (χ0n) is 15.6. The van der Waals surface area contributed by atoms with Gasteiger partial charge in [0.15, 0.2) is 0 Å². The number of methoxy groups -OCH3 is 1. The van der Waals surface area contributed by atoms with Crippen LogP contribution in [0, 0.1) is 0 Å². The third-order valence-corrected chi connectivity index (χ3v) is 3.44. The first kappa shape index (κ1) is 20.0. The molecule has 0 spiro atoms. The zero-order valence-corrected chi connectivity index (χ0v) is 15.6. The van der Waals surface area contributed by atoms with Crippen molar-refractivity contribution in [3.63, 3.8) is 0 Å². The number of anilines is 1. The van der Waals surface area contributed by atoms with Crippen LogP contribution >= 0.6 is 0 Å². The van der Waals surface area contributed by atoms with Crippen LogP contribution < -0.4 is 15.6 Å². The lowest BCUT2D eigenvalue weighted by molar-refractivity contribution is -0.148. The summed E-state index contributed by atoms with van der Waals surface area (Å²) in [5.74, 6) is 0.501. The SMILES string of the molecule is COC[C@H](C)Oc1ccc2cc(NC(O)OC(C)(C)C)c(=O)n(O)c2c1. The summed E-state index contributed by atoms with van der Waals surface area (Å²) in [7, 11) is 1.58. The van der Waals surface area contributed by atoms with E-state index < -0.39 is 17.6 Å². The predicted molar refractivity (Wildman–Crippen MR) is 97.8 cm³/mol. The summed E-state index contributed by atoms with van der Waals surface area (Å²) in [6.45, 7) is 7.58. The van der Waals surface area contributed by atoms with Crippen LogP contribution in [0.1, 0.15) is 27.7 Å². The molecule has 0 amide bonds. The molecule has 0 aliphatic carbocycles. The second kappa shape index (κ2) is 7.94. The molecule has 1 aromatic carbocycles. The molecule has 0 saturated carbocycles. The number of ether oxygens (including phenoxy) is 3. The monoisotopic (exact) mass is 366 g/mol. The van der Waals surface area contributed by atoms with Gasteiger partial charge in [-0.2, -0.15) is 0 Å². The van der Waals surface area contributed by atoms with E-state index in [0.29, 0.717) is 22.5 Å². The van der Waals surface area contributed by atoms with Crippen molar-refractivity contribution in [3.8, 4) is 5.75 Å². The van der Waals surface area contributed by atoms with Crippen molar-refractivity contribution >= 4 is 16.6 Å². The van der Waals surface area contributed by atoms with Crippen LogP contribution in [-0.4, -0.2) is 46.9 Å². The van der Waals surface area contributed by atoms with E-state index in [1.807, 2.05) is 6.92 Å². The fourth-order valence-electron chi connectivity index (χ4n) is 2.44. The van der Waals surface area contributed by atoms with Gasteiger partial charge in [-0.15, -0.1) is 4.73 Å². The van der Waals surface area contributed by atoms with Gasteiger partial charge in [-0.1, -0.05) is 0 Å². The third-order valence-electron chi connectivity index (χ3n) is 3.44. The maximum absolute atomic E-state index is 12.3. The number of aromatic nitrogens is 1. The van der Waals surface area contributed by atoms with Crippen LogP contribution in [0.25, 0.3) is 10.9 Å². The highest BCUT2D eigenvalue weighted by molar-refractivity contribution is 5.83. The Kier molecular flexibility index (Phi) is 6.12. The molecule has 2 rings (SSSR count). The molecule has 0 saturated heterocycles. The van der Waals surface area contributed by atoms with Gasteiger partial charge in [0.25, 0.3) is 0 Å². The van der Waals surface area contributed by atoms with Gasteiger partial charge in [-0.3, -0.25) is 4.79 Å². The summed E-state index contributed by atoms with van der Waals surface area (Å²) >= 11 is 0. The molecule has 0 aliphatic heterocycles. The summed E-state index contributed by atoms with van der Waals surface area (Å²) < 4.78 is 16.5. The summed E-state index contributed by atoms with van der Waals surface area (Å²) in [6, 6.07) is 6.53. The van der Waals surface area contributed by atoms with E-state index in [-0.39, 0.29) is 17.3 Å². The highest BCUT2D eigenvalue weighted by Gasteiger charge is 2.18. The first-order valence-corrected chi connectivity index (χ1v) is 8.28. The lowest BCUT2D eigenvalue weighted by atomic mass is 10.2. The number of nitrogens with zero attached hydrogens (tertiary/aromatic N) is 1. The lowest BCUT2D eigenvalue weighted by Gasteiger charge is -2.24. The zero-order chi connectivity index (χ0) is 19.5. The summed E-state index contributed by atoms with van der Waals surface area (Å²) in [6.07, 6.45) is -1.57. The molecule has 1 unspecified atom stereocenters. The Hall–Kier alpha value is -2.29. The number of rotatable bonds is 7. The minimum atomic E-state index is -1.39. The van der Waals surface area contributed by atoms with Gasteiger partial charge >= 0.3 is 5.56 Å². The molecule has 1 aromatic heterocycles. The van der Waals surface area contributed by atoms with Gasteiger partial charge in [0, 0.05) is 18.6 Å². The molecule has 2 aromatic rings. The molecule has 0 fully saturated rings. The van der Waals surface area contributed by atoms with Crippen molar-refractivity contribution < 1.29 is 24.5 Å². The molecular formula is C18H26N2O6. The van der Waals surface area contributed by atoms with Crippen LogP contribution in [0.2, 0.25) is 0 Å². The van der Waals surface area contributed by atoms with Crippen LogP contribution in [0.4, 0.5) is 5.69 Å². The molecule has 1 heterocycles. The van der Waals surface area contributed by atoms with E-state index in [0.717, 1.165) is 0 Å². The molecule has 0 radical (unpaired) electrons. The number of aliphatic hydroxyl groups is 1. The van der Waals surface area contributed by atoms with E-state index in [2.05, 4.69) is 5.32 Å². The summed E-state index contributed by atoms with van der Waals surface area (Å²) in [5.41, 5.74) is -1.02. The minimum Gasteiger partial charge on any atom is -0.488 e. The average Bonchev–Trinajstić information content (AvgIpc) is 2.51. The smallest absolute Gasteiger partial charge is 0.306 e. The largest absolute Gasteiger partial charge is 0.488 e. The molecular weight excluding hydrogens is 340 g/mol. The Morgan fingerprint density at radius 3 is 2.58 bits per heavy atom. The number of aliphatic hydroxyl groups excluding tert-OH is 1. The van der Waals surface area contributed by atoms with E-state index >= 15 is 0 Å². The van der Waals surface area contributed by atoms with E-state index in [1.54, 1.807) is 46.1 Å². The van der Waals surface area contributed by atoms with Crippen LogP contribution in [0.3, 0.4) is 0 Å². The van der Waals surface area contributed by atoms with E-state index in [4.69, 9.17) is 14.2 Å². The predicted octanol–water partition coefficient (Wildman–Crippen LogP) is 2.16. The number of pyridine rings is 1. The Labute approximate surface area is 151 Å². The first-order valence-electron chi connectivity index (χ1n) is 8.28. The number of hydrogen-bond donors (Lipinski definition) is 3. The van der Waals surface area contributed by atoms with Crippen molar-refractivity contribution in [3.05, 3.63) is 34.6 Å². The molecule has 3 N–H and O–H groups in total. The van der Waals surface area contributed by atoms with Crippen LogP contribution in [-0.2, 0) is 9.47 Å². The fraction of sp³-hybridized carbons (Fsp3) is 0.500. The molecule has 144 valence electrons. The normalized spacial score (nSPS) is 14.2. The second-order valence-corrected chi connectivity index (χ2v) is 7.01. The summed E-state index contributed by atoms with van der Waals surface area (Å²) in [5, 5.41) is 23.3. The van der Waals surface area contributed by atoms with Gasteiger partial charge in [0.05, 0.1) is 17.7 Å². The van der Waals surface area contributed by atoms with Crippen molar-refractivity contribution in [1.29, 1.82) is 0 Å². The molecule has 0 aliphatic rings. The quantitative estimate of drug-likeness (QED) is 0.510. The topological polar surface area (TPSA) is 102 Å². The Morgan fingerprint density at radius 2 is 1.96 bits per heavy atom. The number of hydrogen-bond acceptors (Lipinski definition) is 7.